The molecule has 1 aromatic carbocycles. The molecule has 7 heteroatoms. The van der Waals surface area contributed by atoms with Gasteiger partial charge in [-0.1, -0.05) is 6.07 Å². The van der Waals surface area contributed by atoms with E-state index >= 15 is 0 Å². The summed E-state index contributed by atoms with van der Waals surface area (Å²) in [7, 11) is 2.19. The summed E-state index contributed by atoms with van der Waals surface area (Å²) in [5.74, 6) is 1.44. The summed E-state index contributed by atoms with van der Waals surface area (Å²) in [5, 5.41) is 6.74. The van der Waals surface area contributed by atoms with Crippen molar-refractivity contribution in [1.29, 1.82) is 0 Å². The Bertz CT molecular complexity index is 596. The third-order valence-corrected chi connectivity index (χ3v) is 5.35. The summed E-state index contributed by atoms with van der Waals surface area (Å²) in [6, 6.07) is 4.99. The molecule has 1 fully saturated rings. The lowest BCUT2D eigenvalue weighted by atomic mass is 10.1. The van der Waals surface area contributed by atoms with Crippen LogP contribution in [-0.4, -0.2) is 74.9 Å². The highest BCUT2D eigenvalue weighted by atomic mass is 32.2. The second kappa shape index (κ2) is 12.2. The van der Waals surface area contributed by atoms with Crippen LogP contribution in [0.25, 0.3) is 0 Å². The van der Waals surface area contributed by atoms with E-state index in [0.29, 0.717) is 6.54 Å². The fourth-order valence-electron chi connectivity index (χ4n) is 3.20. The molecule has 2 rings (SSSR count). The topological polar surface area (TPSA) is 42.9 Å². The largest absolute Gasteiger partial charge is 0.357 e. The molecule has 0 saturated carbocycles. The van der Waals surface area contributed by atoms with Crippen molar-refractivity contribution >= 4 is 17.7 Å². The zero-order valence-electron chi connectivity index (χ0n) is 16.9. The lowest BCUT2D eigenvalue weighted by molar-refractivity contribution is 0.280. The van der Waals surface area contributed by atoms with Gasteiger partial charge in [0, 0.05) is 38.5 Å². The minimum absolute atomic E-state index is 0.181. The number of hydrogen-bond acceptors (Lipinski definition) is 4. The predicted octanol–water partition coefficient (Wildman–Crippen LogP) is 2.38. The van der Waals surface area contributed by atoms with Gasteiger partial charge in [-0.25, -0.2) is 9.38 Å². The molecule has 0 spiro atoms. The van der Waals surface area contributed by atoms with E-state index in [-0.39, 0.29) is 5.82 Å². The van der Waals surface area contributed by atoms with E-state index in [1.54, 1.807) is 17.8 Å². The number of nitrogens with zero attached hydrogens (tertiary/aromatic N) is 3. The van der Waals surface area contributed by atoms with Crippen molar-refractivity contribution in [1.82, 2.24) is 20.4 Å². The molecule has 0 radical (unpaired) electrons. The van der Waals surface area contributed by atoms with Crippen molar-refractivity contribution in [2.75, 3.05) is 59.1 Å². The smallest absolute Gasteiger partial charge is 0.191 e. The van der Waals surface area contributed by atoms with Crippen LogP contribution in [0.1, 0.15) is 24.5 Å². The van der Waals surface area contributed by atoms with Gasteiger partial charge in [0.2, 0.25) is 0 Å². The van der Waals surface area contributed by atoms with E-state index in [1.165, 1.54) is 19.0 Å². The second-order valence-corrected chi connectivity index (χ2v) is 7.83. The van der Waals surface area contributed by atoms with Gasteiger partial charge >= 0.3 is 0 Å². The SMILES string of the molecule is CCNC(=NCc1ccc(F)cc1CSC)NCCN1CCCN(C)CC1. The van der Waals surface area contributed by atoms with Crippen molar-refractivity contribution in [3.05, 3.63) is 35.1 Å². The molecule has 0 aromatic heterocycles. The first-order chi connectivity index (χ1) is 13.1. The molecular weight excluding hydrogens is 361 g/mol. The van der Waals surface area contributed by atoms with E-state index in [9.17, 15) is 4.39 Å². The van der Waals surface area contributed by atoms with Gasteiger partial charge in [0.15, 0.2) is 5.96 Å². The molecule has 1 aromatic rings. The summed E-state index contributed by atoms with van der Waals surface area (Å²) in [6.45, 7) is 9.94. The van der Waals surface area contributed by atoms with E-state index in [0.717, 1.165) is 62.1 Å². The van der Waals surface area contributed by atoms with Crippen molar-refractivity contribution in [3.63, 3.8) is 0 Å². The maximum absolute atomic E-state index is 13.5. The second-order valence-electron chi connectivity index (χ2n) is 6.97. The lowest BCUT2D eigenvalue weighted by Gasteiger charge is -2.21. The zero-order valence-corrected chi connectivity index (χ0v) is 17.7. The molecule has 0 aliphatic carbocycles. The molecule has 1 aliphatic rings. The van der Waals surface area contributed by atoms with E-state index in [1.807, 2.05) is 12.3 Å². The van der Waals surface area contributed by atoms with E-state index in [2.05, 4.69) is 34.4 Å². The highest BCUT2D eigenvalue weighted by Gasteiger charge is 2.11. The van der Waals surface area contributed by atoms with Gasteiger partial charge in [-0.3, -0.25) is 0 Å². The van der Waals surface area contributed by atoms with E-state index in [4.69, 9.17) is 4.99 Å². The Morgan fingerprint density at radius 1 is 1.19 bits per heavy atom. The molecule has 0 atom stereocenters. The van der Waals surface area contributed by atoms with Gasteiger partial charge in [0.25, 0.3) is 0 Å². The average molecular weight is 396 g/mol. The number of rotatable bonds is 8. The Hall–Kier alpha value is -1.31. The third kappa shape index (κ3) is 8.07. The molecule has 1 heterocycles. The molecule has 0 unspecified atom stereocenters. The fraction of sp³-hybridized carbons (Fsp3) is 0.650. The molecular formula is C20H34FN5S. The summed E-state index contributed by atoms with van der Waals surface area (Å²) in [6.07, 6.45) is 3.26. The quantitative estimate of drug-likeness (QED) is 0.523. The van der Waals surface area contributed by atoms with Crippen LogP contribution >= 0.6 is 11.8 Å². The summed E-state index contributed by atoms with van der Waals surface area (Å²) >= 11 is 1.70. The first-order valence-corrected chi connectivity index (χ1v) is 11.2. The lowest BCUT2D eigenvalue weighted by Crippen LogP contribution is -2.42. The Morgan fingerprint density at radius 3 is 2.81 bits per heavy atom. The number of nitrogens with one attached hydrogen (secondary N) is 2. The number of benzene rings is 1. The monoisotopic (exact) mass is 395 g/mol. The zero-order chi connectivity index (χ0) is 19.5. The third-order valence-electron chi connectivity index (χ3n) is 4.75. The Kier molecular flexibility index (Phi) is 9.94. The highest BCUT2D eigenvalue weighted by molar-refractivity contribution is 7.97. The summed E-state index contributed by atoms with van der Waals surface area (Å²) in [5.41, 5.74) is 2.11. The minimum atomic E-state index is -0.181. The Morgan fingerprint density at radius 2 is 2.04 bits per heavy atom. The first-order valence-electron chi connectivity index (χ1n) is 9.81. The summed E-state index contributed by atoms with van der Waals surface area (Å²) in [4.78, 5) is 9.61. The van der Waals surface area contributed by atoms with Crippen LogP contribution in [-0.2, 0) is 12.3 Å². The number of guanidine groups is 1. The minimum Gasteiger partial charge on any atom is -0.357 e. The van der Waals surface area contributed by atoms with Gasteiger partial charge in [-0.05, 0) is 63.0 Å². The van der Waals surface area contributed by atoms with Crippen molar-refractivity contribution < 1.29 is 4.39 Å². The molecule has 1 aliphatic heterocycles. The van der Waals surface area contributed by atoms with Crippen molar-refractivity contribution in [2.24, 2.45) is 4.99 Å². The van der Waals surface area contributed by atoms with Crippen LogP contribution in [0.2, 0.25) is 0 Å². The van der Waals surface area contributed by atoms with Crippen molar-refractivity contribution in [2.45, 2.75) is 25.6 Å². The normalized spacial score (nSPS) is 17.0. The maximum atomic E-state index is 13.5. The van der Waals surface area contributed by atoms with Crippen LogP contribution in [0.3, 0.4) is 0 Å². The number of likely N-dealkylation sites (N-methyl/N-ethyl adjacent to an activating group) is 1. The van der Waals surface area contributed by atoms with Gasteiger partial charge < -0.3 is 20.4 Å². The first kappa shape index (κ1) is 22.0. The number of thioether (sulfide) groups is 1. The predicted molar refractivity (Wildman–Crippen MR) is 115 cm³/mol. The molecule has 1 saturated heterocycles. The maximum Gasteiger partial charge on any atom is 0.191 e. The Labute approximate surface area is 167 Å². The van der Waals surface area contributed by atoms with Crippen LogP contribution in [0.15, 0.2) is 23.2 Å². The number of hydrogen-bond donors (Lipinski definition) is 2. The molecule has 0 amide bonds. The number of halogens is 1. The van der Waals surface area contributed by atoms with Crippen LogP contribution in [0.4, 0.5) is 4.39 Å². The van der Waals surface area contributed by atoms with Crippen molar-refractivity contribution in [3.8, 4) is 0 Å². The highest BCUT2D eigenvalue weighted by Crippen LogP contribution is 2.17. The number of aliphatic imine (C=N–C) groups is 1. The van der Waals surface area contributed by atoms with Gasteiger partial charge in [-0.15, -0.1) is 0 Å². The van der Waals surface area contributed by atoms with Gasteiger partial charge in [0.05, 0.1) is 6.54 Å². The molecule has 27 heavy (non-hydrogen) atoms. The van der Waals surface area contributed by atoms with E-state index < -0.39 is 0 Å². The van der Waals surface area contributed by atoms with Crippen LogP contribution in [0.5, 0.6) is 0 Å². The summed E-state index contributed by atoms with van der Waals surface area (Å²) < 4.78 is 13.5. The molecule has 0 bridgehead atoms. The van der Waals surface area contributed by atoms with Crippen LogP contribution < -0.4 is 10.6 Å². The fourth-order valence-corrected chi connectivity index (χ4v) is 3.78. The van der Waals surface area contributed by atoms with Crippen LogP contribution in [0, 0.1) is 5.82 Å². The van der Waals surface area contributed by atoms with Gasteiger partial charge in [-0.2, -0.15) is 11.8 Å². The molecule has 152 valence electrons. The molecule has 2 N–H and O–H groups in total. The van der Waals surface area contributed by atoms with Gasteiger partial charge in [0.1, 0.15) is 5.82 Å². The molecule has 5 nitrogen and oxygen atoms in total. The Balaban J connectivity index is 1.88. The standard InChI is InChI=1S/C20H34FN5S/c1-4-22-20(23-8-11-26-10-5-9-25(2)12-13-26)24-15-17-6-7-19(21)14-18(17)16-27-3/h6-7,14H,4-5,8-13,15-16H2,1-3H3,(H2,22,23,24). The average Bonchev–Trinajstić information content (AvgIpc) is 2.85.